The van der Waals surface area contributed by atoms with E-state index in [9.17, 15) is 32.8 Å². The first-order valence-electron chi connectivity index (χ1n) is 10.7. The Balaban J connectivity index is 2.04. The van der Waals surface area contributed by atoms with Gasteiger partial charge in [0.25, 0.3) is 5.91 Å². The monoisotopic (exact) mass is 501 g/mol. The molecule has 0 saturated heterocycles. The van der Waals surface area contributed by atoms with Crippen molar-refractivity contribution in [3.8, 4) is 11.8 Å². The molecule has 2 aromatic rings. The second-order valence-corrected chi connectivity index (χ2v) is 7.98. The minimum Gasteiger partial charge on any atom is -0.495 e. The number of benzodiazepines with no additional fused rings is 1. The molecule has 0 bridgehead atoms. The van der Waals surface area contributed by atoms with Crippen molar-refractivity contribution in [1.29, 1.82) is 5.26 Å². The Hall–Kier alpha value is -4.40. The number of rotatable bonds is 8. The van der Waals surface area contributed by atoms with Gasteiger partial charge in [0.2, 0.25) is 18.0 Å². The Bertz CT molecular complexity index is 1240. The van der Waals surface area contributed by atoms with Crippen LogP contribution < -0.4 is 21.1 Å². The van der Waals surface area contributed by atoms with Crippen molar-refractivity contribution >= 4 is 29.1 Å². The van der Waals surface area contributed by atoms with E-state index >= 15 is 0 Å². The maximum absolute atomic E-state index is 13.0. The zero-order valence-electron chi connectivity index (χ0n) is 19.1. The number of halogens is 3. The highest BCUT2D eigenvalue weighted by Crippen LogP contribution is 2.34. The number of nitrogens with zero attached hydrogens (tertiary/aromatic N) is 2. The first kappa shape index (κ1) is 26.2. The van der Waals surface area contributed by atoms with Gasteiger partial charge in [-0.2, -0.15) is 18.4 Å². The summed E-state index contributed by atoms with van der Waals surface area (Å²) in [5.74, 6) is -3.99. The van der Waals surface area contributed by atoms with Crippen LogP contribution in [0.2, 0.25) is 0 Å². The number of carbonyl (C=O) groups excluding carboxylic acids is 3. The summed E-state index contributed by atoms with van der Waals surface area (Å²) in [4.78, 5) is 41.7. The van der Waals surface area contributed by atoms with Crippen LogP contribution in [-0.4, -0.2) is 42.9 Å². The van der Waals surface area contributed by atoms with Crippen LogP contribution in [0.25, 0.3) is 0 Å². The van der Waals surface area contributed by atoms with Crippen molar-refractivity contribution in [2.45, 2.75) is 31.6 Å². The van der Waals surface area contributed by atoms with Gasteiger partial charge in [-0.05, 0) is 12.5 Å². The average Bonchev–Trinajstić information content (AvgIpc) is 2.97. The van der Waals surface area contributed by atoms with Crippen LogP contribution in [-0.2, 0) is 14.4 Å². The first-order chi connectivity index (χ1) is 17.0. The number of alkyl halides is 3. The molecule has 0 saturated carbocycles. The number of anilines is 1. The number of nitriles is 1. The number of ether oxygens (including phenoxy) is 1. The van der Waals surface area contributed by atoms with Gasteiger partial charge >= 0.3 is 6.18 Å². The highest BCUT2D eigenvalue weighted by Gasteiger charge is 2.34. The fourth-order valence-corrected chi connectivity index (χ4v) is 3.69. The highest BCUT2D eigenvalue weighted by molar-refractivity contribution is 6.20. The van der Waals surface area contributed by atoms with Gasteiger partial charge < -0.3 is 21.1 Å². The first-order valence-corrected chi connectivity index (χ1v) is 10.7. The number of fused-ring (bicyclic) bond motifs is 1. The van der Waals surface area contributed by atoms with Gasteiger partial charge in [-0.3, -0.25) is 14.4 Å². The molecule has 0 spiro atoms. The topological polar surface area (TPSA) is 147 Å². The Kier molecular flexibility index (Phi) is 7.93. The summed E-state index contributed by atoms with van der Waals surface area (Å²) in [6, 6.07) is 13.5. The number of carbonyl (C=O) groups is 3. The molecule has 4 N–H and O–H groups in total. The number of methoxy groups -OCH3 is 1. The quantitative estimate of drug-likeness (QED) is 0.509. The number of primary amides is 1. The normalized spacial score (nSPS) is 15.9. The van der Waals surface area contributed by atoms with E-state index in [1.54, 1.807) is 30.3 Å². The Morgan fingerprint density at radius 3 is 2.56 bits per heavy atom. The van der Waals surface area contributed by atoms with Crippen molar-refractivity contribution < 1.29 is 32.3 Å². The van der Waals surface area contributed by atoms with Crippen LogP contribution in [0.4, 0.5) is 18.9 Å². The van der Waals surface area contributed by atoms with Crippen LogP contribution in [0.1, 0.15) is 36.0 Å². The Morgan fingerprint density at radius 2 is 1.97 bits per heavy atom. The number of nitrogens with two attached hydrogens (primary N) is 1. The molecule has 3 amide bonds. The summed E-state index contributed by atoms with van der Waals surface area (Å²) in [6.45, 7) is 0. The fourth-order valence-electron chi connectivity index (χ4n) is 3.69. The minimum absolute atomic E-state index is 0.171. The van der Waals surface area contributed by atoms with E-state index in [1.165, 1.54) is 19.2 Å². The lowest BCUT2D eigenvalue weighted by atomic mass is 9.97. The molecule has 2 atom stereocenters. The second-order valence-electron chi connectivity index (χ2n) is 7.98. The molecule has 0 aromatic heterocycles. The number of nitrogens with one attached hydrogen (secondary N) is 2. The van der Waals surface area contributed by atoms with Crippen LogP contribution in [0.15, 0.2) is 47.5 Å². The van der Waals surface area contributed by atoms with Gasteiger partial charge in [0.15, 0.2) is 0 Å². The third kappa shape index (κ3) is 6.38. The molecule has 3 rings (SSSR count). The van der Waals surface area contributed by atoms with E-state index < -0.39 is 55.2 Å². The standard InChI is InChI=1S/C24H22F3N5O4/c1-36-17-10-13(12-28)9-16-19(14-5-3-2-4-6-14)30-21(23(35)31-20(16)17)32-22(34)15(11-18(29)33)7-8-24(25,26)27/h2-6,9-10,15,21H,7-8,11H2,1H3,(H2,29,33)(H,31,35)(H,32,34)/t15-,21-/m1/s1. The smallest absolute Gasteiger partial charge is 0.389 e. The molecule has 1 aliphatic heterocycles. The van der Waals surface area contributed by atoms with E-state index in [0.717, 1.165) is 0 Å². The molecule has 1 aliphatic rings. The molecular weight excluding hydrogens is 479 g/mol. The summed E-state index contributed by atoms with van der Waals surface area (Å²) in [6.07, 6.45) is -8.75. The number of amides is 3. The van der Waals surface area contributed by atoms with Crippen molar-refractivity contribution in [2.75, 3.05) is 12.4 Å². The van der Waals surface area contributed by atoms with Gasteiger partial charge in [0.05, 0.1) is 30.1 Å². The van der Waals surface area contributed by atoms with Gasteiger partial charge in [-0.15, -0.1) is 0 Å². The van der Waals surface area contributed by atoms with Crippen LogP contribution >= 0.6 is 0 Å². The number of hydrogen-bond donors (Lipinski definition) is 3. The minimum atomic E-state index is -4.55. The predicted molar refractivity (Wildman–Crippen MR) is 123 cm³/mol. The number of benzene rings is 2. The highest BCUT2D eigenvalue weighted by atomic mass is 19.4. The molecule has 9 nitrogen and oxygen atoms in total. The predicted octanol–water partition coefficient (Wildman–Crippen LogP) is 2.63. The summed E-state index contributed by atoms with van der Waals surface area (Å²) in [5.41, 5.74) is 6.65. The van der Waals surface area contributed by atoms with E-state index in [1.807, 2.05) is 6.07 Å². The second kappa shape index (κ2) is 10.9. The average molecular weight is 501 g/mol. The lowest BCUT2D eigenvalue weighted by Gasteiger charge is -2.19. The number of hydrogen-bond acceptors (Lipinski definition) is 6. The van der Waals surface area contributed by atoms with E-state index in [-0.39, 0.29) is 22.7 Å². The molecule has 0 aliphatic carbocycles. The SMILES string of the molecule is COc1cc(C#N)cc2c1NC(=O)[C@@H](NC(=O)[C@H](CCC(F)(F)F)CC(N)=O)N=C2c1ccccc1. The van der Waals surface area contributed by atoms with Gasteiger partial charge in [-0.25, -0.2) is 4.99 Å². The molecule has 0 unspecified atom stereocenters. The Labute approximate surface area is 204 Å². The molecule has 0 radical (unpaired) electrons. The Morgan fingerprint density at radius 1 is 1.28 bits per heavy atom. The number of aliphatic imine (C=N–C) groups is 1. The maximum atomic E-state index is 13.0. The van der Waals surface area contributed by atoms with E-state index in [4.69, 9.17) is 10.5 Å². The fraction of sp³-hybridized carbons (Fsp3) is 0.292. The van der Waals surface area contributed by atoms with E-state index in [2.05, 4.69) is 15.6 Å². The van der Waals surface area contributed by atoms with Crippen molar-refractivity contribution in [1.82, 2.24) is 5.32 Å². The van der Waals surface area contributed by atoms with Crippen molar-refractivity contribution in [2.24, 2.45) is 16.6 Å². The van der Waals surface area contributed by atoms with Gasteiger partial charge in [0.1, 0.15) is 5.75 Å². The lowest BCUT2D eigenvalue weighted by molar-refractivity contribution is -0.143. The molecule has 12 heteroatoms. The third-order valence-corrected chi connectivity index (χ3v) is 5.38. The molecular formula is C24H22F3N5O4. The molecule has 0 fully saturated rings. The molecule has 36 heavy (non-hydrogen) atoms. The summed E-state index contributed by atoms with van der Waals surface area (Å²) >= 11 is 0. The van der Waals surface area contributed by atoms with Gasteiger partial charge in [0, 0.05) is 36.0 Å². The van der Waals surface area contributed by atoms with Crippen LogP contribution in [0, 0.1) is 17.2 Å². The van der Waals surface area contributed by atoms with Crippen LogP contribution in [0.5, 0.6) is 5.75 Å². The van der Waals surface area contributed by atoms with Crippen LogP contribution in [0.3, 0.4) is 0 Å². The van der Waals surface area contributed by atoms with Crippen molar-refractivity contribution in [3.63, 3.8) is 0 Å². The largest absolute Gasteiger partial charge is 0.495 e. The zero-order chi connectivity index (χ0) is 26.5. The van der Waals surface area contributed by atoms with E-state index in [0.29, 0.717) is 11.1 Å². The molecule has 1 heterocycles. The molecule has 2 aromatic carbocycles. The summed E-state index contributed by atoms with van der Waals surface area (Å²) in [5, 5.41) is 14.4. The lowest BCUT2D eigenvalue weighted by Crippen LogP contribution is -2.45. The summed E-state index contributed by atoms with van der Waals surface area (Å²) < 4.78 is 43.6. The third-order valence-electron chi connectivity index (χ3n) is 5.38. The van der Waals surface area contributed by atoms with Gasteiger partial charge in [-0.1, -0.05) is 30.3 Å². The molecule has 188 valence electrons. The zero-order valence-corrected chi connectivity index (χ0v) is 19.1. The maximum Gasteiger partial charge on any atom is 0.389 e. The summed E-state index contributed by atoms with van der Waals surface area (Å²) in [7, 11) is 1.35. The van der Waals surface area contributed by atoms with Crippen molar-refractivity contribution in [3.05, 3.63) is 59.2 Å².